The number of nitrogens with zero attached hydrogens (tertiary/aromatic N) is 1. The molecular formula is C14H18N2O. The summed E-state index contributed by atoms with van der Waals surface area (Å²) in [5.74, 6) is 0. The second-order valence-corrected chi connectivity index (χ2v) is 4.61. The number of benzene rings is 1. The van der Waals surface area contributed by atoms with Crippen LogP contribution in [-0.4, -0.2) is 37.7 Å². The monoisotopic (exact) mass is 230 g/mol. The van der Waals surface area contributed by atoms with Gasteiger partial charge < -0.3 is 10.1 Å². The van der Waals surface area contributed by atoms with Gasteiger partial charge in [0, 0.05) is 31.9 Å². The molecule has 1 saturated heterocycles. The second kappa shape index (κ2) is 4.90. The summed E-state index contributed by atoms with van der Waals surface area (Å²) in [4.78, 5) is 2.44. The zero-order chi connectivity index (χ0) is 11.5. The van der Waals surface area contributed by atoms with Crippen molar-refractivity contribution in [1.29, 1.82) is 0 Å². The van der Waals surface area contributed by atoms with Crippen LogP contribution in [-0.2, 0) is 11.3 Å². The predicted molar refractivity (Wildman–Crippen MR) is 68.5 cm³/mol. The molecule has 0 aliphatic carbocycles. The van der Waals surface area contributed by atoms with Crippen LogP contribution < -0.4 is 5.32 Å². The van der Waals surface area contributed by atoms with Crippen molar-refractivity contribution in [2.45, 2.75) is 6.54 Å². The standard InChI is InChI=1S/C14H18N2O/c1-2-4-13-10-15-14(9-12(13)3-1)11-16-5-7-17-8-6-16/h1-4,9,15H,5-8,10-11H2. The van der Waals surface area contributed by atoms with Crippen LogP contribution >= 0.6 is 0 Å². The van der Waals surface area contributed by atoms with Gasteiger partial charge in [-0.2, -0.15) is 0 Å². The maximum Gasteiger partial charge on any atom is 0.0594 e. The van der Waals surface area contributed by atoms with E-state index in [1.165, 1.54) is 16.8 Å². The van der Waals surface area contributed by atoms with Gasteiger partial charge in [0.1, 0.15) is 0 Å². The van der Waals surface area contributed by atoms with E-state index >= 15 is 0 Å². The van der Waals surface area contributed by atoms with Gasteiger partial charge in [-0.05, 0) is 17.2 Å². The average molecular weight is 230 g/mol. The van der Waals surface area contributed by atoms with Gasteiger partial charge in [-0.3, -0.25) is 4.90 Å². The van der Waals surface area contributed by atoms with Gasteiger partial charge in [-0.1, -0.05) is 24.3 Å². The summed E-state index contributed by atoms with van der Waals surface area (Å²) < 4.78 is 5.36. The lowest BCUT2D eigenvalue weighted by atomic mass is 10.0. The second-order valence-electron chi connectivity index (χ2n) is 4.61. The lowest BCUT2D eigenvalue weighted by Gasteiger charge is -2.29. The molecule has 0 atom stereocenters. The van der Waals surface area contributed by atoms with Crippen molar-refractivity contribution in [3.8, 4) is 0 Å². The molecule has 17 heavy (non-hydrogen) atoms. The number of morpholine rings is 1. The lowest BCUT2D eigenvalue weighted by molar-refractivity contribution is 0.0417. The Bertz CT molecular complexity index is 422. The van der Waals surface area contributed by atoms with Crippen molar-refractivity contribution in [2.75, 3.05) is 32.8 Å². The molecule has 2 aliphatic rings. The minimum Gasteiger partial charge on any atom is -0.383 e. The van der Waals surface area contributed by atoms with Gasteiger partial charge in [0.2, 0.25) is 0 Å². The number of rotatable bonds is 2. The molecule has 3 rings (SSSR count). The minimum atomic E-state index is 0.865. The molecule has 0 spiro atoms. The summed E-state index contributed by atoms with van der Waals surface area (Å²) >= 11 is 0. The third-order valence-electron chi connectivity index (χ3n) is 3.39. The van der Waals surface area contributed by atoms with E-state index < -0.39 is 0 Å². The first-order chi connectivity index (χ1) is 8.42. The third kappa shape index (κ3) is 2.51. The number of hydrogen-bond donors (Lipinski definition) is 1. The Hall–Kier alpha value is -1.32. The molecular weight excluding hydrogens is 212 g/mol. The zero-order valence-electron chi connectivity index (χ0n) is 9.98. The smallest absolute Gasteiger partial charge is 0.0594 e. The van der Waals surface area contributed by atoms with E-state index in [4.69, 9.17) is 4.74 Å². The Kier molecular flexibility index (Phi) is 3.12. The molecule has 1 fully saturated rings. The maximum absolute atomic E-state index is 5.36. The number of nitrogens with one attached hydrogen (secondary N) is 1. The summed E-state index contributed by atoms with van der Waals surface area (Å²) in [7, 11) is 0. The Morgan fingerprint density at radius 3 is 2.88 bits per heavy atom. The Morgan fingerprint density at radius 2 is 2.00 bits per heavy atom. The summed E-state index contributed by atoms with van der Waals surface area (Å²) in [6.07, 6.45) is 2.27. The molecule has 0 saturated carbocycles. The van der Waals surface area contributed by atoms with Crippen LogP contribution in [0.2, 0.25) is 0 Å². The van der Waals surface area contributed by atoms with Crippen LogP contribution in [0.5, 0.6) is 0 Å². The Morgan fingerprint density at radius 1 is 1.18 bits per heavy atom. The molecule has 2 heterocycles. The van der Waals surface area contributed by atoms with E-state index in [1.807, 2.05) is 0 Å². The molecule has 90 valence electrons. The zero-order valence-corrected chi connectivity index (χ0v) is 9.98. The van der Waals surface area contributed by atoms with Crippen LogP contribution in [0.4, 0.5) is 0 Å². The van der Waals surface area contributed by atoms with Crippen LogP contribution in [0.1, 0.15) is 11.1 Å². The van der Waals surface area contributed by atoms with Crippen LogP contribution in [0.3, 0.4) is 0 Å². The first kappa shape index (κ1) is 10.8. The van der Waals surface area contributed by atoms with E-state index in [2.05, 4.69) is 40.6 Å². The van der Waals surface area contributed by atoms with E-state index in [9.17, 15) is 0 Å². The summed E-state index contributed by atoms with van der Waals surface area (Å²) in [5.41, 5.74) is 4.07. The van der Waals surface area contributed by atoms with Crippen molar-refractivity contribution in [2.24, 2.45) is 0 Å². The molecule has 3 nitrogen and oxygen atoms in total. The summed E-state index contributed by atoms with van der Waals surface area (Å²) in [5, 5.41) is 3.50. The molecule has 1 N–H and O–H groups in total. The highest BCUT2D eigenvalue weighted by Crippen LogP contribution is 2.18. The summed E-state index contributed by atoms with van der Waals surface area (Å²) in [6.45, 7) is 5.78. The molecule has 0 aromatic heterocycles. The molecule has 1 aromatic rings. The number of fused-ring (bicyclic) bond motifs is 1. The van der Waals surface area contributed by atoms with Crippen molar-refractivity contribution >= 4 is 6.08 Å². The van der Waals surface area contributed by atoms with Crippen molar-refractivity contribution in [3.63, 3.8) is 0 Å². The van der Waals surface area contributed by atoms with E-state index in [-0.39, 0.29) is 0 Å². The van der Waals surface area contributed by atoms with Crippen LogP contribution in [0.15, 0.2) is 30.0 Å². The molecule has 2 aliphatic heterocycles. The van der Waals surface area contributed by atoms with Gasteiger partial charge in [0.25, 0.3) is 0 Å². The average Bonchev–Trinajstić information content (AvgIpc) is 2.40. The quantitative estimate of drug-likeness (QED) is 0.832. The van der Waals surface area contributed by atoms with Gasteiger partial charge in [-0.25, -0.2) is 0 Å². The fourth-order valence-corrected chi connectivity index (χ4v) is 2.39. The van der Waals surface area contributed by atoms with Crippen LogP contribution in [0.25, 0.3) is 6.08 Å². The summed E-state index contributed by atoms with van der Waals surface area (Å²) in [6, 6.07) is 8.58. The van der Waals surface area contributed by atoms with E-state index in [0.717, 1.165) is 39.4 Å². The lowest BCUT2D eigenvalue weighted by Crippen LogP contribution is -2.39. The van der Waals surface area contributed by atoms with E-state index in [1.54, 1.807) is 0 Å². The largest absolute Gasteiger partial charge is 0.383 e. The molecule has 0 unspecified atom stereocenters. The fourth-order valence-electron chi connectivity index (χ4n) is 2.39. The molecule has 0 bridgehead atoms. The van der Waals surface area contributed by atoms with Gasteiger partial charge >= 0.3 is 0 Å². The van der Waals surface area contributed by atoms with Crippen LogP contribution in [0, 0.1) is 0 Å². The van der Waals surface area contributed by atoms with Gasteiger partial charge in [0.15, 0.2) is 0 Å². The van der Waals surface area contributed by atoms with E-state index in [0.29, 0.717) is 0 Å². The van der Waals surface area contributed by atoms with Gasteiger partial charge in [-0.15, -0.1) is 0 Å². The highest BCUT2D eigenvalue weighted by Gasteiger charge is 2.14. The normalized spacial score (nSPS) is 20.4. The fraction of sp³-hybridized carbons (Fsp3) is 0.429. The number of hydrogen-bond acceptors (Lipinski definition) is 3. The molecule has 0 amide bonds. The maximum atomic E-state index is 5.36. The third-order valence-corrected chi connectivity index (χ3v) is 3.39. The molecule has 0 radical (unpaired) electrons. The van der Waals surface area contributed by atoms with Crippen molar-refractivity contribution < 1.29 is 4.74 Å². The first-order valence-electron chi connectivity index (χ1n) is 6.24. The van der Waals surface area contributed by atoms with Crippen molar-refractivity contribution in [1.82, 2.24) is 10.2 Å². The highest BCUT2D eigenvalue weighted by molar-refractivity contribution is 5.58. The SMILES string of the molecule is C1=C(CN2CCOCC2)NCc2ccccc21. The minimum absolute atomic E-state index is 0.865. The molecule has 1 aromatic carbocycles. The van der Waals surface area contributed by atoms with Crippen molar-refractivity contribution in [3.05, 3.63) is 41.1 Å². The Balaban J connectivity index is 1.70. The highest BCUT2D eigenvalue weighted by atomic mass is 16.5. The van der Waals surface area contributed by atoms with Gasteiger partial charge in [0.05, 0.1) is 13.2 Å². The predicted octanol–water partition coefficient (Wildman–Crippen LogP) is 1.46. The molecule has 3 heteroatoms. The topological polar surface area (TPSA) is 24.5 Å². The Labute approximate surface area is 102 Å². The first-order valence-corrected chi connectivity index (χ1v) is 6.24. The number of ether oxygens (including phenoxy) is 1.